The number of amides is 1. The van der Waals surface area contributed by atoms with E-state index in [4.69, 9.17) is 0 Å². The first-order chi connectivity index (χ1) is 10.2. The van der Waals surface area contributed by atoms with Crippen molar-refractivity contribution in [2.45, 2.75) is 39.4 Å². The molecule has 0 bridgehead atoms. The number of likely N-dealkylation sites (N-methyl/N-ethyl adjacent to an activating group) is 1. The molecule has 1 aliphatic rings. The second kappa shape index (κ2) is 7.57. The summed E-state index contributed by atoms with van der Waals surface area (Å²) in [5.74, 6) is 0.205. The highest BCUT2D eigenvalue weighted by molar-refractivity contribution is 5.84. The van der Waals surface area contributed by atoms with E-state index in [-0.39, 0.29) is 18.1 Å². The molecule has 0 spiro atoms. The van der Waals surface area contributed by atoms with Crippen LogP contribution in [0.15, 0.2) is 30.3 Å². The predicted octanol–water partition coefficient (Wildman–Crippen LogP) is 2.24. The van der Waals surface area contributed by atoms with Crippen LogP contribution in [-0.4, -0.2) is 47.9 Å². The Hall–Kier alpha value is -1.39. The van der Waals surface area contributed by atoms with Gasteiger partial charge in [0.15, 0.2) is 0 Å². The highest BCUT2D eigenvalue weighted by atomic mass is 16.2. The van der Waals surface area contributed by atoms with E-state index in [1.54, 1.807) is 0 Å². The molecular weight excluding hydrogens is 262 g/mol. The zero-order valence-corrected chi connectivity index (χ0v) is 13.4. The predicted molar refractivity (Wildman–Crippen MR) is 85.9 cm³/mol. The smallest absolute Gasteiger partial charge is 0.241 e. The molecule has 1 fully saturated rings. The van der Waals surface area contributed by atoms with Gasteiger partial charge in [-0.05, 0) is 32.0 Å². The molecule has 0 saturated carbocycles. The number of hydrogen-bond donors (Lipinski definition) is 1. The Morgan fingerprint density at radius 3 is 2.52 bits per heavy atom. The van der Waals surface area contributed by atoms with Crippen molar-refractivity contribution in [1.29, 1.82) is 0 Å². The van der Waals surface area contributed by atoms with Crippen molar-refractivity contribution in [2.24, 2.45) is 0 Å². The van der Waals surface area contributed by atoms with Crippen molar-refractivity contribution in [2.75, 3.05) is 26.2 Å². The summed E-state index contributed by atoms with van der Waals surface area (Å²) in [6.45, 7) is 10.2. The Kier molecular flexibility index (Phi) is 5.76. The lowest BCUT2D eigenvalue weighted by Gasteiger charge is -2.28. The summed E-state index contributed by atoms with van der Waals surface area (Å²) in [4.78, 5) is 16.8. The first kappa shape index (κ1) is 16.0. The fourth-order valence-electron chi connectivity index (χ4n) is 2.92. The fourth-order valence-corrected chi connectivity index (χ4v) is 2.92. The lowest BCUT2D eigenvalue weighted by molar-refractivity contribution is -0.130. The topological polar surface area (TPSA) is 35.6 Å². The molecule has 2 atom stereocenters. The largest absolute Gasteiger partial charge is 0.320 e. The molecule has 2 unspecified atom stereocenters. The van der Waals surface area contributed by atoms with Gasteiger partial charge < -0.3 is 9.80 Å². The van der Waals surface area contributed by atoms with Crippen molar-refractivity contribution in [3.8, 4) is 0 Å². The maximum Gasteiger partial charge on any atom is 0.241 e. The van der Waals surface area contributed by atoms with E-state index in [0.29, 0.717) is 0 Å². The Balaban J connectivity index is 2.05. The lowest BCUT2D eigenvalue weighted by atomic mass is 10.1. The SMILES string of the molecule is CCCN(CC)CCN1C(=O)C(C)NC1c1ccccc1. The Labute approximate surface area is 128 Å². The van der Waals surface area contributed by atoms with Crippen LogP contribution < -0.4 is 5.32 Å². The van der Waals surface area contributed by atoms with Gasteiger partial charge in [-0.1, -0.05) is 44.2 Å². The number of carbonyl (C=O) groups is 1. The highest BCUT2D eigenvalue weighted by Crippen LogP contribution is 2.24. The summed E-state index contributed by atoms with van der Waals surface area (Å²) in [6.07, 6.45) is 1.16. The third-order valence-electron chi connectivity index (χ3n) is 4.13. The van der Waals surface area contributed by atoms with Gasteiger partial charge in [-0.25, -0.2) is 0 Å². The second-order valence-electron chi connectivity index (χ2n) is 5.67. The molecule has 0 aromatic heterocycles. The Morgan fingerprint density at radius 2 is 1.90 bits per heavy atom. The van der Waals surface area contributed by atoms with Gasteiger partial charge in [-0.2, -0.15) is 0 Å². The summed E-state index contributed by atoms with van der Waals surface area (Å²) in [5.41, 5.74) is 1.16. The van der Waals surface area contributed by atoms with Crippen LogP contribution in [0.3, 0.4) is 0 Å². The molecule has 21 heavy (non-hydrogen) atoms. The van der Waals surface area contributed by atoms with Crippen molar-refractivity contribution >= 4 is 5.91 Å². The molecule has 2 rings (SSSR count). The van der Waals surface area contributed by atoms with Crippen LogP contribution in [0, 0.1) is 0 Å². The van der Waals surface area contributed by atoms with Crippen molar-refractivity contribution in [1.82, 2.24) is 15.1 Å². The summed E-state index contributed by atoms with van der Waals surface area (Å²) >= 11 is 0. The fraction of sp³-hybridized carbons (Fsp3) is 0.588. The first-order valence-electron chi connectivity index (χ1n) is 8.01. The molecule has 4 nitrogen and oxygen atoms in total. The summed E-state index contributed by atoms with van der Waals surface area (Å²) in [5, 5.41) is 3.40. The highest BCUT2D eigenvalue weighted by Gasteiger charge is 2.36. The molecule has 1 heterocycles. The van der Waals surface area contributed by atoms with E-state index in [1.165, 1.54) is 0 Å². The molecule has 1 amide bonds. The normalized spacial score (nSPS) is 22.3. The zero-order valence-electron chi connectivity index (χ0n) is 13.4. The first-order valence-corrected chi connectivity index (χ1v) is 8.01. The van der Waals surface area contributed by atoms with Gasteiger partial charge in [0.1, 0.15) is 6.17 Å². The van der Waals surface area contributed by atoms with Gasteiger partial charge in [0.05, 0.1) is 6.04 Å². The molecule has 0 aliphatic carbocycles. The number of nitrogens with one attached hydrogen (secondary N) is 1. The van der Waals surface area contributed by atoms with Gasteiger partial charge in [-0.15, -0.1) is 0 Å². The van der Waals surface area contributed by atoms with Crippen molar-refractivity contribution in [3.05, 3.63) is 35.9 Å². The quantitative estimate of drug-likeness (QED) is 0.836. The van der Waals surface area contributed by atoms with Crippen LogP contribution in [0.4, 0.5) is 0 Å². The van der Waals surface area contributed by atoms with Gasteiger partial charge in [-0.3, -0.25) is 10.1 Å². The minimum absolute atomic E-state index is 0.00836. The van der Waals surface area contributed by atoms with E-state index in [2.05, 4.69) is 36.2 Å². The van der Waals surface area contributed by atoms with Gasteiger partial charge in [0.2, 0.25) is 5.91 Å². The minimum atomic E-state index is -0.101. The van der Waals surface area contributed by atoms with Crippen LogP contribution in [0.1, 0.15) is 38.9 Å². The molecule has 0 radical (unpaired) electrons. The number of rotatable bonds is 7. The van der Waals surface area contributed by atoms with E-state index in [0.717, 1.165) is 38.2 Å². The number of benzene rings is 1. The monoisotopic (exact) mass is 289 g/mol. The molecule has 1 aliphatic heterocycles. The van der Waals surface area contributed by atoms with Gasteiger partial charge in [0.25, 0.3) is 0 Å². The van der Waals surface area contributed by atoms with Crippen molar-refractivity contribution < 1.29 is 4.79 Å². The van der Waals surface area contributed by atoms with E-state index >= 15 is 0 Å². The molecule has 116 valence electrons. The third-order valence-corrected chi connectivity index (χ3v) is 4.13. The average molecular weight is 289 g/mol. The number of carbonyl (C=O) groups excluding carboxylic acids is 1. The summed E-state index contributed by atoms with van der Waals surface area (Å²) < 4.78 is 0. The number of nitrogens with zero attached hydrogens (tertiary/aromatic N) is 2. The summed E-state index contributed by atoms with van der Waals surface area (Å²) in [6, 6.07) is 10.1. The molecule has 1 aromatic carbocycles. The van der Waals surface area contributed by atoms with E-state index in [9.17, 15) is 4.79 Å². The maximum atomic E-state index is 12.4. The van der Waals surface area contributed by atoms with Gasteiger partial charge >= 0.3 is 0 Å². The lowest BCUT2D eigenvalue weighted by Crippen LogP contribution is -2.38. The Bertz CT molecular complexity index is 449. The molecule has 1 saturated heterocycles. The van der Waals surface area contributed by atoms with Crippen LogP contribution in [-0.2, 0) is 4.79 Å². The summed E-state index contributed by atoms with van der Waals surface area (Å²) in [7, 11) is 0. The molecule has 1 aromatic rings. The van der Waals surface area contributed by atoms with Gasteiger partial charge in [0, 0.05) is 13.1 Å². The molecular formula is C17H27N3O. The van der Waals surface area contributed by atoms with Crippen molar-refractivity contribution in [3.63, 3.8) is 0 Å². The van der Waals surface area contributed by atoms with E-state index in [1.807, 2.05) is 30.0 Å². The number of hydrogen-bond acceptors (Lipinski definition) is 3. The average Bonchev–Trinajstić information content (AvgIpc) is 2.80. The standard InChI is InChI=1S/C17H27N3O/c1-4-11-19(5-2)12-13-20-16(18-14(3)17(20)21)15-9-7-6-8-10-15/h6-10,14,16,18H,4-5,11-13H2,1-3H3. The second-order valence-corrected chi connectivity index (χ2v) is 5.67. The van der Waals surface area contributed by atoms with Crippen LogP contribution in [0.5, 0.6) is 0 Å². The molecule has 4 heteroatoms. The third kappa shape index (κ3) is 3.83. The van der Waals surface area contributed by atoms with Crippen LogP contribution >= 0.6 is 0 Å². The minimum Gasteiger partial charge on any atom is -0.320 e. The van der Waals surface area contributed by atoms with Crippen LogP contribution in [0.25, 0.3) is 0 Å². The van der Waals surface area contributed by atoms with E-state index < -0.39 is 0 Å². The Morgan fingerprint density at radius 1 is 1.19 bits per heavy atom. The van der Waals surface area contributed by atoms with Crippen LogP contribution in [0.2, 0.25) is 0 Å². The maximum absolute atomic E-state index is 12.4. The zero-order chi connectivity index (χ0) is 15.2. The molecule has 1 N–H and O–H groups in total.